The predicted molar refractivity (Wildman–Crippen MR) is 81.4 cm³/mol. The van der Waals surface area contributed by atoms with E-state index in [1.165, 1.54) is 47.9 Å². The Morgan fingerprint density at radius 2 is 1.58 bits per heavy atom. The largest absolute Gasteiger partial charge is 0.326 e. The van der Waals surface area contributed by atoms with Crippen molar-refractivity contribution in [3.63, 3.8) is 0 Å². The molecule has 0 radical (unpaired) electrons. The van der Waals surface area contributed by atoms with Gasteiger partial charge in [0, 0.05) is 11.6 Å². The molecule has 2 heteroatoms. The Hall–Kier alpha value is -1.31. The van der Waals surface area contributed by atoms with E-state index in [1.807, 2.05) is 12.1 Å². The molecule has 1 nitrogen and oxygen atoms in total. The molecule has 0 saturated carbocycles. The van der Waals surface area contributed by atoms with Crippen molar-refractivity contribution in [2.75, 3.05) is 0 Å². The van der Waals surface area contributed by atoms with Gasteiger partial charge >= 0.3 is 0 Å². The van der Waals surface area contributed by atoms with Crippen LogP contribution in [0.15, 0.2) is 36.4 Å². The van der Waals surface area contributed by atoms with Crippen LogP contribution in [0.1, 0.15) is 29.5 Å². The summed E-state index contributed by atoms with van der Waals surface area (Å²) < 4.78 is 0. The second-order valence-corrected chi connectivity index (χ2v) is 5.61. The standard InChI is InChI=1S/C17H18ClN/c18-17-10-15(7-8-16(17)11-19)14-6-5-12-3-1-2-4-13(12)9-14/h5-10H,1-4,11,19H2. The molecule has 1 aliphatic carbocycles. The number of benzene rings is 2. The van der Waals surface area contributed by atoms with Crippen LogP contribution < -0.4 is 5.73 Å². The Morgan fingerprint density at radius 3 is 2.32 bits per heavy atom. The number of hydrogen-bond donors (Lipinski definition) is 1. The lowest BCUT2D eigenvalue weighted by atomic mass is 9.89. The number of nitrogens with two attached hydrogens (primary N) is 1. The molecule has 2 aromatic rings. The molecule has 98 valence electrons. The van der Waals surface area contributed by atoms with E-state index < -0.39 is 0 Å². The van der Waals surface area contributed by atoms with E-state index in [0.29, 0.717) is 6.54 Å². The highest BCUT2D eigenvalue weighted by Crippen LogP contribution is 2.29. The molecule has 1 aliphatic rings. The van der Waals surface area contributed by atoms with E-state index in [0.717, 1.165) is 10.6 Å². The number of rotatable bonds is 2. The molecular formula is C17H18ClN. The lowest BCUT2D eigenvalue weighted by Crippen LogP contribution is -2.02. The molecule has 2 aromatic carbocycles. The van der Waals surface area contributed by atoms with Gasteiger partial charge in [0.25, 0.3) is 0 Å². The minimum atomic E-state index is 0.489. The third-order valence-corrected chi connectivity index (χ3v) is 4.31. The molecule has 19 heavy (non-hydrogen) atoms. The third kappa shape index (κ3) is 2.54. The molecule has 0 aliphatic heterocycles. The number of aryl methyl sites for hydroxylation is 2. The summed E-state index contributed by atoms with van der Waals surface area (Å²) >= 11 is 6.24. The van der Waals surface area contributed by atoms with Gasteiger partial charge in [0.1, 0.15) is 0 Å². The van der Waals surface area contributed by atoms with E-state index in [9.17, 15) is 0 Å². The van der Waals surface area contributed by atoms with Gasteiger partial charge in [-0.3, -0.25) is 0 Å². The molecule has 0 bridgehead atoms. The lowest BCUT2D eigenvalue weighted by molar-refractivity contribution is 0.686. The van der Waals surface area contributed by atoms with Gasteiger partial charge in [0.05, 0.1) is 0 Å². The first-order valence-corrected chi connectivity index (χ1v) is 7.26. The molecule has 0 heterocycles. The van der Waals surface area contributed by atoms with E-state index in [-0.39, 0.29) is 0 Å². The average molecular weight is 272 g/mol. The number of halogens is 1. The van der Waals surface area contributed by atoms with Crippen LogP contribution in [-0.2, 0) is 19.4 Å². The van der Waals surface area contributed by atoms with Crippen molar-refractivity contribution in [3.05, 3.63) is 58.1 Å². The van der Waals surface area contributed by atoms with Crippen molar-refractivity contribution in [2.45, 2.75) is 32.2 Å². The minimum absolute atomic E-state index is 0.489. The SMILES string of the molecule is NCc1ccc(-c2ccc3c(c2)CCCC3)cc1Cl. The number of hydrogen-bond acceptors (Lipinski definition) is 1. The Balaban J connectivity index is 2.00. The Bertz CT molecular complexity index is 604. The van der Waals surface area contributed by atoms with Crippen molar-refractivity contribution in [3.8, 4) is 11.1 Å². The maximum Gasteiger partial charge on any atom is 0.0457 e. The molecule has 3 rings (SSSR count). The van der Waals surface area contributed by atoms with Gasteiger partial charge < -0.3 is 5.73 Å². The van der Waals surface area contributed by atoms with E-state index in [1.54, 1.807) is 0 Å². The zero-order valence-electron chi connectivity index (χ0n) is 11.0. The summed E-state index contributed by atoms with van der Waals surface area (Å²) in [7, 11) is 0. The summed E-state index contributed by atoms with van der Waals surface area (Å²) in [6, 6.07) is 13.0. The molecule has 0 fully saturated rings. The predicted octanol–water partition coefficient (Wildman–Crippen LogP) is 4.34. The maximum absolute atomic E-state index is 6.24. The highest BCUT2D eigenvalue weighted by atomic mass is 35.5. The van der Waals surface area contributed by atoms with E-state index in [4.69, 9.17) is 17.3 Å². The van der Waals surface area contributed by atoms with Gasteiger partial charge in [-0.15, -0.1) is 0 Å². The zero-order chi connectivity index (χ0) is 13.2. The van der Waals surface area contributed by atoms with Gasteiger partial charge in [-0.1, -0.05) is 41.9 Å². The van der Waals surface area contributed by atoms with Crippen LogP contribution in [-0.4, -0.2) is 0 Å². The fourth-order valence-corrected chi connectivity index (χ4v) is 3.06. The van der Waals surface area contributed by atoms with Crippen LogP contribution in [0, 0.1) is 0 Å². The zero-order valence-corrected chi connectivity index (χ0v) is 11.7. The van der Waals surface area contributed by atoms with Crippen LogP contribution in [0.25, 0.3) is 11.1 Å². The Labute approximate surface area is 119 Å². The minimum Gasteiger partial charge on any atom is -0.326 e. The molecule has 0 saturated heterocycles. The first-order chi connectivity index (χ1) is 9.28. The summed E-state index contributed by atoms with van der Waals surface area (Å²) in [5, 5.41) is 0.762. The van der Waals surface area contributed by atoms with Gasteiger partial charge in [-0.2, -0.15) is 0 Å². The van der Waals surface area contributed by atoms with Gasteiger partial charge in [0.2, 0.25) is 0 Å². The van der Waals surface area contributed by atoms with Crippen LogP contribution in [0.5, 0.6) is 0 Å². The molecule has 0 spiro atoms. The van der Waals surface area contributed by atoms with Crippen LogP contribution in [0.2, 0.25) is 5.02 Å². The van der Waals surface area contributed by atoms with Gasteiger partial charge in [0.15, 0.2) is 0 Å². The van der Waals surface area contributed by atoms with Crippen molar-refractivity contribution in [1.82, 2.24) is 0 Å². The fraction of sp³-hybridized carbons (Fsp3) is 0.294. The molecule has 0 atom stereocenters. The molecule has 2 N–H and O–H groups in total. The topological polar surface area (TPSA) is 26.0 Å². The highest BCUT2D eigenvalue weighted by Gasteiger charge is 2.10. The lowest BCUT2D eigenvalue weighted by Gasteiger charge is -2.17. The summed E-state index contributed by atoms with van der Waals surface area (Å²) in [5.41, 5.74) is 12.1. The third-order valence-electron chi connectivity index (χ3n) is 3.95. The van der Waals surface area contributed by atoms with Crippen LogP contribution in [0.4, 0.5) is 0 Å². The molecular weight excluding hydrogens is 254 g/mol. The van der Waals surface area contributed by atoms with Gasteiger partial charge in [-0.05, 0) is 59.6 Å². The van der Waals surface area contributed by atoms with Crippen molar-refractivity contribution < 1.29 is 0 Å². The van der Waals surface area contributed by atoms with Crippen LogP contribution in [0.3, 0.4) is 0 Å². The second-order valence-electron chi connectivity index (χ2n) is 5.20. The number of fused-ring (bicyclic) bond motifs is 1. The first-order valence-electron chi connectivity index (χ1n) is 6.88. The smallest absolute Gasteiger partial charge is 0.0457 e. The summed E-state index contributed by atoms with van der Waals surface area (Å²) in [6.07, 6.45) is 5.06. The summed E-state index contributed by atoms with van der Waals surface area (Å²) in [4.78, 5) is 0. The Kier molecular flexibility index (Phi) is 3.58. The molecule has 0 unspecified atom stereocenters. The highest BCUT2D eigenvalue weighted by molar-refractivity contribution is 6.31. The quantitative estimate of drug-likeness (QED) is 0.864. The van der Waals surface area contributed by atoms with E-state index in [2.05, 4.69) is 24.3 Å². The van der Waals surface area contributed by atoms with Crippen molar-refractivity contribution in [2.24, 2.45) is 5.73 Å². The Morgan fingerprint density at radius 1 is 0.895 bits per heavy atom. The second kappa shape index (κ2) is 5.36. The maximum atomic E-state index is 6.24. The van der Waals surface area contributed by atoms with Crippen molar-refractivity contribution in [1.29, 1.82) is 0 Å². The fourth-order valence-electron chi connectivity index (χ4n) is 2.81. The first kappa shape index (κ1) is 12.7. The van der Waals surface area contributed by atoms with Gasteiger partial charge in [-0.25, -0.2) is 0 Å². The molecule has 0 amide bonds. The summed E-state index contributed by atoms with van der Waals surface area (Å²) in [5.74, 6) is 0. The normalized spacial score (nSPS) is 14.2. The average Bonchev–Trinajstić information content (AvgIpc) is 2.46. The van der Waals surface area contributed by atoms with Crippen molar-refractivity contribution >= 4 is 11.6 Å². The monoisotopic (exact) mass is 271 g/mol. The van der Waals surface area contributed by atoms with Crippen LogP contribution >= 0.6 is 11.6 Å². The van der Waals surface area contributed by atoms with E-state index >= 15 is 0 Å². The summed E-state index contributed by atoms with van der Waals surface area (Å²) in [6.45, 7) is 0.489. The molecule has 0 aromatic heterocycles.